The van der Waals surface area contributed by atoms with Crippen LogP contribution in [0.1, 0.15) is 49.1 Å². The van der Waals surface area contributed by atoms with Crippen LogP contribution in [0.2, 0.25) is 0 Å². The Morgan fingerprint density at radius 2 is 1.77 bits per heavy atom. The second-order valence-corrected chi connectivity index (χ2v) is 13.5. The lowest BCUT2D eigenvalue weighted by Gasteiger charge is -2.41. The Morgan fingerprint density at radius 1 is 0.979 bits per heavy atom. The van der Waals surface area contributed by atoms with Crippen molar-refractivity contribution in [2.75, 3.05) is 37.7 Å². The molecule has 2 atom stereocenters. The first-order valence-electron chi connectivity index (χ1n) is 16.6. The number of amides is 1. The van der Waals surface area contributed by atoms with Gasteiger partial charge in [0.05, 0.1) is 23.1 Å². The predicted octanol–water partition coefficient (Wildman–Crippen LogP) is 4.07. The number of phenols is 1. The summed E-state index contributed by atoms with van der Waals surface area (Å²) in [5.74, 6) is 0.793. The van der Waals surface area contributed by atoms with Crippen LogP contribution < -0.4 is 15.3 Å². The summed E-state index contributed by atoms with van der Waals surface area (Å²) in [5.41, 5.74) is 2.20. The van der Waals surface area contributed by atoms with Crippen LogP contribution in [-0.2, 0) is 0 Å². The third kappa shape index (κ3) is 4.72. The van der Waals surface area contributed by atoms with Crippen molar-refractivity contribution in [2.24, 2.45) is 0 Å². The van der Waals surface area contributed by atoms with Crippen molar-refractivity contribution >= 4 is 33.4 Å². The molecule has 3 aromatic carbocycles. The van der Waals surface area contributed by atoms with Gasteiger partial charge in [0.15, 0.2) is 0 Å². The van der Waals surface area contributed by atoms with Crippen LogP contribution >= 0.6 is 0 Å². The Labute approximate surface area is 270 Å². The zero-order valence-electron chi connectivity index (χ0n) is 26.0. The monoisotopic (exact) mass is 632 g/mol. The molecule has 3 N–H and O–H groups in total. The highest BCUT2D eigenvalue weighted by molar-refractivity contribution is 6.01. The minimum Gasteiger partial charge on any atom is -0.508 e. The molecule has 0 radical (unpaired) electrons. The lowest BCUT2D eigenvalue weighted by molar-refractivity contribution is 0.0628. The van der Waals surface area contributed by atoms with Crippen molar-refractivity contribution in [3.8, 4) is 22.9 Å². The number of aromatic nitrogens is 5. The van der Waals surface area contributed by atoms with E-state index in [9.17, 15) is 14.7 Å². The molecular formula is C35H36N8O4. The second kappa shape index (κ2) is 10.8. The Morgan fingerprint density at radius 3 is 2.53 bits per heavy atom. The number of carbonyl (C=O) groups is 1. The largest absolute Gasteiger partial charge is 0.508 e. The van der Waals surface area contributed by atoms with Crippen molar-refractivity contribution in [3.05, 3.63) is 70.9 Å². The van der Waals surface area contributed by atoms with Gasteiger partial charge in [0, 0.05) is 18.5 Å². The quantitative estimate of drug-likeness (QED) is 0.252. The first-order valence-corrected chi connectivity index (χ1v) is 16.6. The van der Waals surface area contributed by atoms with E-state index in [1.54, 1.807) is 12.1 Å². The summed E-state index contributed by atoms with van der Waals surface area (Å²) in [7, 11) is 0. The van der Waals surface area contributed by atoms with E-state index >= 15 is 0 Å². The van der Waals surface area contributed by atoms with Crippen LogP contribution in [0.3, 0.4) is 0 Å². The molecule has 47 heavy (non-hydrogen) atoms. The van der Waals surface area contributed by atoms with E-state index in [1.165, 1.54) is 12.8 Å². The van der Waals surface area contributed by atoms with Gasteiger partial charge in [0.1, 0.15) is 18.2 Å². The summed E-state index contributed by atoms with van der Waals surface area (Å²) in [6.07, 6.45) is 6.35. The Kier molecular flexibility index (Phi) is 6.49. The number of rotatable bonds is 6. The number of ether oxygens (including phenoxy) is 1. The van der Waals surface area contributed by atoms with Crippen LogP contribution in [0.5, 0.6) is 11.8 Å². The second-order valence-electron chi connectivity index (χ2n) is 13.5. The van der Waals surface area contributed by atoms with Crippen molar-refractivity contribution in [1.29, 1.82) is 0 Å². The number of anilines is 1. The smallest absolute Gasteiger partial charge is 0.341 e. The molecule has 0 spiro atoms. The van der Waals surface area contributed by atoms with E-state index < -0.39 is 5.69 Å². The van der Waals surface area contributed by atoms with E-state index in [0.29, 0.717) is 25.7 Å². The maximum atomic E-state index is 13.4. The third-order valence-corrected chi connectivity index (χ3v) is 10.8. The van der Waals surface area contributed by atoms with E-state index in [1.807, 2.05) is 23.1 Å². The van der Waals surface area contributed by atoms with Crippen LogP contribution in [0, 0.1) is 0 Å². The number of phenolic OH excluding ortho intramolecular Hbond substituents is 1. The van der Waals surface area contributed by atoms with E-state index in [-0.39, 0.29) is 35.1 Å². The normalized spacial score (nSPS) is 22.0. The zero-order valence-corrected chi connectivity index (χ0v) is 26.0. The van der Waals surface area contributed by atoms with Gasteiger partial charge in [-0.2, -0.15) is 9.97 Å². The Hall–Kier alpha value is -4.97. The predicted molar refractivity (Wildman–Crippen MR) is 177 cm³/mol. The first-order chi connectivity index (χ1) is 22.9. The molecule has 6 heterocycles. The highest BCUT2D eigenvalue weighted by Gasteiger charge is 2.46. The molecular weight excluding hydrogens is 596 g/mol. The van der Waals surface area contributed by atoms with Gasteiger partial charge < -0.3 is 19.6 Å². The number of hydrogen-bond donors (Lipinski definition) is 3. The van der Waals surface area contributed by atoms with Gasteiger partial charge in [0.2, 0.25) is 5.82 Å². The SMILES string of the molecule is O=C(c1n[nH]c(=O)[nH]1)N1[C@@H]2CC[C@H]1CN(c1nc(OCC34CCCN3CCC4)nc3cc(-c4cc(O)cc5ccccc45)ccc13)C2. The minimum absolute atomic E-state index is 0.0433. The molecule has 0 saturated carbocycles. The third-order valence-electron chi connectivity index (χ3n) is 10.8. The van der Waals surface area contributed by atoms with Gasteiger partial charge in [-0.3, -0.25) is 14.7 Å². The van der Waals surface area contributed by atoms with Gasteiger partial charge in [-0.1, -0.05) is 30.3 Å². The number of H-pyrrole nitrogens is 2. The van der Waals surface area contributed by atoms with Gasteiger partial charge in [-0.05, 0) is 97.8 Å². The van der Waals surface area contributed by atoms with Crippen LogP contribution in [0.15, 0.2) is 59.4 Å². The molecule has 2 bridgehead atoms. The average molecular weight is 633 g/mol. The fourth-order valence-electron chi connectivity index (χ4n) is 8.66. The maximum Gasteiger partial charge on any atom is 0.341 e. The molecule has 12 heteroatoms. The molecule has 4 fully saturated rings. The topological polar surface area (TPSA) is 144 Å². The minimum atomic E-state index is -0.490. The molecule has 0 unspecified atom stereocenters. The molecule has 12 nitrogen and oxygen atoms in total. The molecule has 4 saturated heterocycles. The number of aromatic amines is 2. The maximum absolute atomic E-state index is 13.4. The number of nitrogens with zero attached hydrogens (tertiary/aromatic N) is 6. The Balaban J connectivity index is 1.10. The summed E-state index contributed by atoms with van der Waals surface area (Å²) in [6, 6.07) is 18.1. The number of nitrogens with one attached hydrogen (secondary N) is 2. The summed E-state index contributed by atoms with van der Waals surface area (Å²) < 4.78 is 6.52. The van der Waals surface area contributed by atoms with Gasteiger partial charge in [0.25, 0.3) is 5.91 Å². The van der Waals surface area contributed by atoms with Crippen LogP contribution in [-0.4, -0.2) is 96.4 Å². The molecule has 5 aromatic rings. The number of benzene rings is 3. The number of aromatic hydroxyl groups is 1. The van der Waals surface area contributed by atoms with Crippen molar-refractivity contribution < 1.29 is 14.6 Å². The average Bonchev–Trinajstić information content (AvgIpc) is 3.85. The van der Waals surface area contributed by atoms with Crippen LogP contribution in [0.4, 0.5) is 5.82 Å². The number of fused-ring (bicyclic) bond motifs is 5. The molecule has 240 valence electrons. The van der Waals surface area contributed by atoms with Crippen molar-refractivity contribution in [3.63, 3.8) is 0 Å². The lowest BCUT2D eigenvalue weighted by Crippen LogP contribution is -2.56. The zero-order chi connectivity index (χ0) is 31.7. The van der Waals surface area contributed by atoms with Crippen molar-refractivity contribution in [1.82, 2.24) is 34.9 Å². The van der Waals surface area contributed by atoms with Crippen molar-refractivity contribution in [2.45, 2.75) is 56.1 Å². The fraction of sp³-hybridized carbons (Fsp3) is 0.400. The van der Waals surface area contributed by atoms with E-state index in [2.05, 4.69) is 49.2 Å². The molecule has 0 aliphatic carbocycles. The molecule has 1 amide bonds. The summed E-state index contributed by atoms with van der Waals surface area (Å²) in [4.78, 5) is 44.3. The van der Waals surface area contributed by atoms with E-state index in [4.69, 9.17) is 14.7 Å². The molecule has 2 aromatic heterocycles. The van der Waals surface area contributed by atoms with Gasteiger partial charge in [-0.25, -0.2) is 9.89 Å². The molecule has 4 aliphatic rings. The molecule has 9 rings (SSSR count). The molecule has 4 aliphatic heterocycles. The van der Waals surface area contributed by atoms with E-state index in [0.717, 1.165) is 77.4 Å². The Bertz CT molecular complexity index is 2070. The van der Waals surface area contributed by atoms with Crippen LogP contribution in [0.25, 0.3) is 32.8 Å². The summed E-state index contributed by atoms with van der Waals surface area (Å²) in [6.45, 7) is 3.99. The summed E-state index contributed by atoms with van der Waals surface area (Å²) >= 11 is 0. The standard InChI is InChI=1S/C35H36N8O4/c44-25-15-21-5-1-2-6-26(21)28(17-25)22-7-10-27-29(16-22)36-34(47-20-35-11-3-13-42(35)14-4-12-35)38-31(27)41-18-23-8-9-24(19-41)43(23)32(45)30-37-33(46)40-39-30/h1-2,5-7,10,15-17,23-24,44H,3-4,8-9,11-14,18-20H2,(H2,37,39,40,46)/t23-,24+. The summed E-state index contributed by atoms with van der Waals surface area (Å²) in [5, 5.41) is 19.7. The highest BCUT2D eigenvalue weighted by Crippen LogP contribution is 2.41. The van der Waals surface area contributed by atoms with Gasteiger partial charge >= 0.3 is 11.7 Å². The van der Waals surface area contributed by atoms with Gasteiger partial charge in [-0.15, -0.1) is 5.10 Å². The highest BCUT2D eigenvalue weighted by atomic mass is 16.5. The first kappa shape index (κ1) is 28.3. The number of carbonyl (C=O) groups excluding carboxylic acids is 1. The fourth-order valence-corrected chi connectivity index (χ4v) is 8.66. The number of piperazine rings is 1. The lowest BCUT2D eigenvalue weighted by atomic mass is 9.95. The number of hydrogen-bond acceptors (Lipinski definition) is 9.